The molecular formula is C38H46F2N2O10. The van der Waals surface area contributed by atoms with E-state index in [1.165, 1.54) is 43.4 Å². The number of anilines is 1. The molecule has 2 aliphatic heterocycles. The summed E-state index contributed by atoms with van der Waals surface area (Å²) >= 11 is 0. The quantitative estimate of drug-likeness (QED) is 0.106. The van der Waals surface area contributed by atoms with Crippen LogP contribution in [0.15, 0.2) is 72.8 Å². The first-order valence-corrected chi connectivity index (χ1v) is 17.2. The van der Waals surface area contributed by atoms with Gasteiger partial charge in [0.25, 0.3) is 0 Å². The Kier molecular flexibility index (Phi) is 13.1. The number of aliphatic hydroxyl groups is 6. The predicted molar refractivity (Wildman–Crippen MR) is 184 cm³/mol. The van der Waals surface area contributed by atoms with Gasteiger partial charge in [0.15, 0.2) is 0 Å². The van der Waals surface area contributed by atoms with Gasteiger partial charge in [-0.1, -0.05) is 36.4 Å². The summed E-state index contributed by atoms with van der Waals surface area (Å²) in [7, 11) is 1.40. The normalized spacial score (nSPS) is 21.0. The lowest BCUT2D eigenvalue weighted by Crippen LogP contribution is -2.55. The molecule has 5 rings (SSSR count). The first-order chi connectivity index (χ1) is 24.8. The average Bonchev–Trinajstić information content (AvgIpc) is 3.13. The number of ether oxygens (including phenoxy) is 2. The van der Waals surface area contributed by atoms with Crippen LogP contribution >= 0.6 is 0 Å². The number of hydrogen-bond donors (Lipinski definition) is 6. The number of rotatable bonds is 18. The summed E-state index contributed by atoms with van der Waals surface area (Å²) in [5.41, 5.74) is 2.25. The summed E-state index contributed by atoms with van der Waals surface area (Å²) in [6, 6.07) is 18.7. The lowest BCUT2D eigenvalue weighted by molar-refractivity contribution is -0.214. The molecule has 0 saturated carbocycles. The van der Waals surface area contributed by atoms with E-state index in [0.717, 1.165) is 16.0 Å². The molecule has 0 bridgehead atoms. The maximum atomic E-state index is 13.7. The zero-order valence-corrected chi connectivity index (χ0v) is 28.8. The van der Waals surface area contributed by atoms with Crippen molar-refractivity contribution in [2.75, 3.05) is 44.9 Å². The fourth-order valence-electron chi connectivity index (χ4n) is 6.55. The average molecular weight is 729 g/mol. The fourth-order valence-corrected chi connectivity index (χ4v) is 6.55. The SMILES string of the molecule is CN(CC(O)C(O)C(O)C(O)CO)C(=O)COC1(CCc2ccc(C3C(CCC(O)c4ccc(F)cc4)C(=O)N3c3ccc(F)cc3)cc2)COC1. The lowest BCUT2D eigenvalue weighted by Gasteiger charge is -2.48. The van der Waals surface area contributed by atoms with E-state index in [1.54, 1.807) is 17.0 Å². The second kappa shape index (κ2) is 17.3. The van der Waals surface area contributed by atoms with Crippen molar-refractivity contribution in [1.29, 1.82) is 0 Å². The van der Waals surface area contributed by atoms with E-state index >= 15 is 0 Å². The van der Waals surface area contributed by atoms with Gasteiger partial charge < -0.3 is 49.9 Å². The van der Waals surface area contributed by atoms with E-state index in [1.807, 2.05) is 24.3 Å². The van der Waals surface area contributed by atoms with Crippen molar-refractivity contribution in [3.63, 3.8) is 0 Å². The van der Waals surface area contributed by atoms with E-state index < -0.39 is 66.2 Å². The second-order valence-corrected chi connectivity index (χ2v) is 13.7. The number of halogens is 2. The zero-order valence-electron chi connectivity index (χ0n) is 28.8. The van der Waals surface area contributed by atoms with Crippen molar-refractivity contribution in [2.45, 2.75) is 67.8 Å². The number of carbonyl (C=O) groups excluding carboxylic acids is 2. The molecule has 3 aromatic carbocycles. The van der Waals surface area contributed by atoms with Gasteiger partial charge in [-0.3, -0.25) is 9.59 Å². The summed E-state index contributed by atoms with van der Waals surface area (Å²) < 4.78 is 38.5. The summed E-state index contributed by atoms with van der Waals surface area (Å²) in [5, 5.41) is 59.3. The van der Waals surface area contributed by atoms with Crippen molar-refractivity contribution in [3.8, 4) is 0 Å². The Hall–Kier alpha value is -3.86. The maximum Gasteiger partial charge on any atom is 0.248 e. The number of aryl methyl sites for hydroxylation is 1. The van der Waals surface area contributed by atoms with Gasteiger partial charge in [0, 0.05) is 19.3 Å². The third kappa shape index (κ3) is 9.19. The molecule has 2 heterocycles. The highest BCUT2D eigenvalue weighted by atomic mass is 19.1. The van der Waals surface area contributed by atoms with Crippen molar-refractivity contribution in [1.82, 2.24) is 4.90 Å². The zero-order chi connectivity index (χ0) is 37.6. The summed E-state index contributed by atoms with van der Waals surface area (Å²) in [4.78, 5) is 29.0. The molecule has 12 nitrogen and oxygen atoms in total. The standard InChI is InChI=1S/C38H46F2N2O10/c1-41(18-31(45)35(48)36(49)32(46)19-43)33(47)20-52-38(21-51-22-38)17-16-23-2-4-25(5-3-23)34-29(14-15-30(44)24-6-8-26(39)9-7-24)37(50)42(34)28-12-10-27(40)11-13-28/h2-13,29-32,34-36,43-46,48-49H,14-22H2,1H3. The number of benzene rings is 3. The topological polar surface area (TPSA) is 180 Å². The van der Waals surface area contributed by atoms with Gasteiger partial charge in [0.05, 0.1) is 37.9 Å². The van der Waals surface area contributed by atoms with Crippen molar-refractivity contribution in [3.05, 3.63) is 101 Å². The van der Waals surface area contributed by atoms with Crippen LogP contribution in [0.5, 0.6) is 0 Å². The van der Waals surface area contributed by atoms with Crippen LogP contribution in [0.25, 0.3) is 0 Å². The Morgan fingerprint density at radius 2 is 1.52 bits per heavy atom. The minimum Gasteiger partial charge on any atom is -0.394 e. The Morgan fingerprint density at radius 1 is 0.923 bits per heavy atom. The molecule has 0 spiro atoms. The fraction of sp³-hybridized carbons (Fsp3) is 0.474. The molecule has 7 atom stereocenters. The Bertz CT molecular complexity index is 1620. The van der Waals surface area contributed by atoms with E-state index in [9.17, 15) is 43.9 Å². The monoisotopic (exact) mass is 728 g/mol. The molecule has 2 aliphatic rings. The Labute approximate surface area is 300 Å². The molecule has 6 N–H and O–H groups in total. The van der Waals surface area contributed by atoms with Crippen molar-refractivity contribution >= 4 is 17.5 Å². The third-order valence-electron chi connectivity index (χ3n) is 9.96. The van der Waals surface area contributed by atoms with Crippen LogP contribution < -0.4 is 4.90 Å². The van der Waals surface area contributed by atoms with Crippen LogP contribution in [0.4, 0.5) is 14.5 Å². The van der Waals surface area contributed by atoms with E-state index in [-0.39, 0.29) is 44.7 Å². The molecule has 7 unspecified atom stereocenters. The highest BCUT2D eigenvalue weighted by Crippen LogP contribution is 2.46. The van der Waals surface area contributed by atoms with Gasteiger partial charge in [-0.05, 0) is 78.8 Å². The molecule has 3 aromatic rings. The molecule has 282 valence electrons. The molecule has 0 aromatic heterocycles. The van der Waals surface area contributed by atoms with Crippen LogP contribution in [0.1, 0.15) is 48.1 Å². The molecular weight excluding hydrogens is 682 g/mol. The van der Waals surface area contributed by atoms with E-state index in [4.69, 9.17) is 14.6 Å². The summed E-state index contributed by atoms with van der Waals surface area (Å²) in [6.45, 7) is -0.939. The van der Waals surface area contributed by atoms with Crippen LogP contribution in [0.3, 0.4) is 0 Å². The maximum absolute atomic E-state index is 13.7. The number of likely N-dealkylation sites (N-methyl/N-ethyl adjacent to an activating group) is 1. The van der Waals surface area contributed by atoms with E-state index in [2.05, 4.69) is 0 Å². The highest BCUT2D eigenvalue weighted by molar-refractivity contribution is 6.03. The van der Waals surface area contributed by atoms with Crippen molar-refractivity contribution in [2.24, 2.45) is 5.92 Å². The first-order valence-electron chi connectivity index (χ1n) is 17.2. The number of nitrogens with zero attached hydrogens (tertiary/aromatic N) is 2. The Morgan fingerprint density at radius 3 is 2.10 bits per heavy atom. The van der Waals surface area contributed by atoms with E-state index in [0.29, 0.717) is 30.5 Å². The molecule has 52 heavy (non-hydrogen) atoms. The molecule has 2 amide bonds. The Balaban J connectivity index is 1.18. The van der Waals surface area contributed by atoms with Crippen LogP contribution in [0.2, 0.25) is 0 Å². The number of carbonyl (C=O) groups is 2. The number of amides is 2. The number of aliphatic hydroxyl groups excluding tert-OH is 6. The second-order valence-electron chi connectivity index (χ2n) is 13.7. The number of hydrogen-bond acceptors (Lipinski definition) is 10. The summed E-state index contributed by atoms with van der Waals surface area (Å²) in [5.74, 6) is -1.89. The van der Waals surface area contributed by atoms with Gasteiger partial charge in [-0.25, -0.2) is 8.78 Å². The largest absolute Gasteiger partial charge is 0.394 e. The molecule has 14 heteroatoms. The molecule has 2 fully saturated rings. The van der Waals surface area contributed by atoms with Gasteiger partial charge in [-0.15, -0.1) is 0 Å². The summed E-state index contributed by atoms with van der Waals surface area (Å²) in [6.07, 6.45) is -5.92. The number of β-lactam (4-membered cyclic amide) rings is 1. The van der Waals surface area contributed by atoms with Crippen LogP contribution in [-0.4, -0.2) is 117 Å². The minimum atomic E-state index is -1.80. The lowest BCUT2D eigenvalue weighted by atomic mass is 9.78. The predicted octanol–water partition coefficient (Wildman–Crippen LogP) is 1.80. The smallest absolute Gasteiger partial charge is 0.248 e. The van der Waals surface area contributed by atoms with Gasteiger partial charge in [-0.2, -0.15) is 0 Å². The van der Waals surface area contributed by atoms with Crippen molar-refractivity contribution < 1.29 is 58.5 Å². The molecule has 0 aliphatic carbocycles. The van der Waals surface area contributed by atoms with Gasteiger partial charge in [0.2, 0.25) is 11.8 Å². The minimum absolute atomic E-state index is 0.139. The highest BCUT2D eigenvalue weighted by Gasteiger charge is 2.48. The molecule has 0 radical (unpaired) electrons. The van der Waals surface area contributed by atoms with Crippen LogP contribution in [-0.2, 0) is 25.5 Å². The van der Waals surface area contributed by atoms with Gasteiger partial charge in [0.1, 0.15) is 48.3 Å². The first kappa shape index (κ1) is 39.3. The molecule has 2 saturated heterocycles. The van der Waals surface area contributed by atoms with Crippen LogP contribution in [0, 0.1) is 17.6 Å². The van der Waals surface area contributed by atoms with Gasteiger partial charge >= 0.3 is 0 Å². The third-order valence-corrected chi connectivity index (χ3v) is 9.96.